The van der Waals surface area contributed by atoms with E-state index in [4.69, 9.17) is 23.1 Å². The van der Waals surface area contributed by atoms with E-state index in [2.05, 4.69) is 5.92 Å². The van der Waals surface area contributed by atoms with Gasteiger partial charge in [-0.15, -0.1) is 23.9 Å². The van der Waals surface area contributed by atoms with Gasteiger partial charge in [-0.25, -0.2) is 0 Å². The molecule has 1 nitrogen and oxygen atoms in total. The fraction of sp³-hybridized carbons (Fsp3) is 0.714. The first-order valence-electron chi connectivity index (χ1n) is 2.98. The SMILES string of the molecule is C#CCC(O)CCCCl. The molecule has 0 radical (unpaired) electrons. The van der Waals surface area contributed by atoms with Crippen LogP contribution in [0.5, 0.6) is 0 Å². The molecule has 0 aromatic carbocycles. The molecule has 0 saturated carbocycles. The van der Waals surface area contributed by atoms with Gasteiger partial charge in [0.25, 0.3) is 0 Å². The summed E-state index contributed by atoms with van der Waals surface area (Å²) in [6, 6.07) is 0. The van der Waals surface area contributed by atoms with Gasteiger partial charge in [0, 0.05) is 12.3 Å². The van der Waals surface area contributed by atoms with Gasteiger partial charge in [0.2, 0.25) is 0 Å². The number of rotatable bonds is 4. The van der Waals surface area contributed by atoms with Crippen LogP contribution in [0.1, 0.15) is 19.3 Å². The third kappa shape index (κ3) is 5.68. The van der Waals surface area contributed by atoms with Crippen LogP contribution in [-0.4, -0.2) is 17.1 Å². The summed E-state index contributed by atoms with van der Waals surface area (Å²) < 4.78 is 0. The van der Waals surface area contributed by atoms with E-state index in [0.29, 0.717) is 18.7 Å². The first-order chi connectivity index (χ1) is 4.31. The summed E-state index contributed by atoms with van der Waals surface area (Å²) in [5.41, 5.74) is 0. The second-order valence-corrected chi connectivity index (χ2v) is 2.27. The van der Waals surface area contributed by atoms with Crippen molar-refractivity contribution >= 4 is 11.6 Å². The number of aliphatic hydroxyl groups excluding tert-OH is 1. The summed E-state index contributed by atoms with van der Waals surface area (Å²) in [5, 5.41) is 8.98. The Morgan fingerprint density at radius 1 is 1.67 bits per heavy atom. The molecule has 0 aliphatic rings. The number of aliphatic hydroxyl groups is 1. The van der Waals surface area contributed by atoms with Gasteiger partial charge in [-0.2, -0.15) is 0 Å². The van der Waals surface area contributed by atoms with Crippen molar-refractivity contribution in [2.75, 3.05) is 5.88 Å². The Morgan fingerprint density at radius 2 is 2.33 bits per heavy atom. The zero-order valence-electron chi connectivity index (χ0n) is 5.31. The molecule has 2 heteroatoms. The molecule has 0 rings (SSSR count). The summed E-state index contributed by atoms with van der Waals surface area (Å²) in [7, 11) is 0. The van der Waals surface area contributed by atoms with Gasteiger partial charge in [0.1, 0.15) is 0 Å². The zero-order valence-corrected chi connectivity index (χ0v) is 6.06. The summed E-state index contributed by atoms with van der Waals surface area (Å²) in [5.74, 6) is 2.98. The predicted molar refractivity (Wildman–Crippen MR) is 39.4 cm³/mol. The summed E-state index contributed by atoms with van der Waals surface area (Å²) in [4.78, 5) is 0. The lowest BCUT2D eigenvalue weighted by molar-refractivity contribution is 0.169. The maximum Gasteiger partial charge on any atom is 0.0649 e. The largest absolute Gasteiger partial charge is 0.392 e. The lowest BCUT2D eigenvalue weighted by Gasteiger charge is -2.02. The topological polar surface area (TPSA) is 20.2 Å². The number of terminal acetylenes is 1. The van der Waals surface area contributed by atoms with Crippen molar-refractivity contribution in [3.63, 3.8) is 0 Å². The van der Waals surface area contributed by atoms with Gasteiger partial charge in [-0.3, -0.25) is 0 Å². The fourth-order valence-corrected chi connectivity index (χ4v) is 0.705. The van der Waals surface area contributed by atoms with E-state index in [9.17, 15) is 0 Å². The standard InChI is InChI=1S/C7H11ClO/c1-2-4-7(9)5-3-6-8/h1,7,9H,3-6H2. The van der Waals surface area contributed by atoms with Crippen molar-refractivity contribution in [1.29, 1.82) is 0 Å². The smallest absolute Gasteiger partial charge is 0.0649 e. The van der Waals surface area contributed by atoms with Crippen LogP contribution in [0.15, 0.2) is 0 Å². The van der Waals surface area contributed by atoms with Crippen molar-refractivity contribution in [3.8, 4) is 12.3 Å². The number of hydrogen-bond donors (Lipinski definition) is 1. The summed E-state index contributed by atoms with van der Waals surface area (Å²) in [6.07, 6.45) is 6.60. The highest BCUT2D eigenvalue weighted by Crippen LogP contribution is 2.00. The van der Waals surface area contributed by atoms with Gasteiger partial charge >= 0.3 is 0 Å². The molecular formula is C7H11ClO. The highest BCUT2D eigenvalue weighted by molar-refractivity contribution is 6.17. The minimum absolute atomic E-state index is 0.353. The van der Waals surface area contributed by atoms with E-state index < -0.39 is 0 Å². The number of hydrogen-bond acceptors (Lipinski definition) is 1. The molecule has 0 aromatic rings. The molecule has 52 valence electrons. The van der Waals surface area contributed by atoms with Crippen molar-refractivity contribution in [3.05, 3.63) is 0 Å². The summed E-state index contributed by atoms with van der Waals surface area (Å²) in [6.45, 7) is 0. The van der Waals surface area contributed by atoms with Crippen molar-refractivity contribution in [2.24, 2.45) is 0 Å². The Morgan fingerprint density at radius 3 is 2.78 bits per heavy atom. The molecule has 9 heavy (non-hydrogen) atoms. The molecule has 0 amide bonds. The van der Waals surface area contributed by atoms with Gasteiger partial charge in [0.15, 0.2) is 0 Å². The van der Waals surface area contributed by atoms with E-state index in [1.807, 2.05) is 0 Å². The molecule has 1 atom stereocenters. The molecule has 1 unspecified atom stereocenters. The normalized spacial score (nSPS) is 12.6. The zero-order chi connectivity index (χ0) is 7.11. The van der Waals surface area contributed by atoms with E-state index in [1.54, 1.807) is 0 Å². The lowest BCUT2D eigenvalue weighted by Crippen LogP contribution is -2.04. The number of halogens is 1. The molecule has 0 fully saturated rings. The van der Waals surface area contributed by atoms with Crippen molar-refractivity contribution in [2.45, 2.75) is 25.4 Å². The molecular weight excluding hydrogens is 136 g/mol. The van der Waals surface area contributed by atoms with Crippen LogP contribution in [0.2, 0.25) is 0 Å². The molecule has 0 saturated heterocycles. The average Bonchev–Trinajstić information content (AvgIpc) is 1.85. The van der Waals surface area contributed by atoms with E-state index in [-0.39, 0.29) is 6.10 Å². The van der Waals surface area contributed by atoms with Crippen LogP contribution in [0.25, 0.3) is 0 Å². The molecule has 0 aliphatic carbocycles. The lowest BCUT2D eigenvalue weighted by atomic mass is 10.1. The van der Waals surface area contributed by atoms with Crippen LogP contribution in [-0.2, 0) is 0 Å². The third-order valence-electron chi connectivity index (χ3n) is 1.02. The van der Waals surface area contributed by atoms with Gasteiger partial charge in [-0.05, 0) is 12.8 Å². The minimum atomic E-state index is -0.353. The van der Waals surface area contributed by atoms with Crippen molar-refractivity contribution < 1.29 is 5.11 Å². The van der Waals surface area contributed by atoms with E-state index in [1.165, 1.54) is 0 Å². The highest BCUT2D eigenvalue weighted by atomic mass is 35.5. The quantitative estimate of drug-likeness (QED) is 0.470. The number of alkyl halides is 1. The van der Waals surface area contributed by atoms with Crippen LogP contribution < -0.4 is 0 Å². The first-order valence-corrected chi connectivity index (χ1v) is 3.52. The van der Waals surface area contributed by atoms with Gasteiger partial charge < -0.3 is 5.11 Å². The monoisotopic (exact) mass is 146 g/mol. The maximum absolute atomic E-state index is 8.98. The molecule has 0 aromatic heterocycles. The molecule has 1 N–H and O–H groups in total. The van der Waals surface area contributed by atoms with E-state index in [0.717, 1.165) is 6.42 Å². The average molecular weight is 147 g/mol. The third-order valence-corrected chi connectivity index (χ3v) is 1.29. The van der Waals surface area contributed by atoms with Crippen LogP contribution in [0.3, 0.4) is 0 Å². The Balaban J connectivity index is 3.08. The maximum atomic E-state index is 8.98. The molecule has 0 bridgehead atoms. The Labute approximate surface area is 61.0 Å². The van der Waals surface area contributed by atoms with E-state index >= 15 is 0 Å². The summed E-state index contributed by atoms with van der Waals surface area (Å²) >= 11 is 5.38. The highest BCUT2D eigenvalue weighted by Gasteiger charge is 1.98. The predicted octanol–water partition coefficient (Wildman–Crippen LogP) is 1.39. The first kappa shape index (κ1) is 8.81. The Bertz CT molecular complexity index is 95.6. The van der Waals surface area contributed by atoms with Crippen molar-refractivity contribution in [1.82, 2.24) is 0 Å². The molecule has 0 heterocycles. The van der Waals surface area contributed by atoms with Gasteiger partial charge in [-0.1, -0.05) is 0 Å². The molecule has 0 spiro atoms. The minimum Gasteiger partial charge on any atom is -0.392 e. The Kier molecular flexibility index (Phi) is 5.81. The molecule has 0 aliphatic heterocycles. The fourth-order valence-electron chi connectivity index (χ4n) is 0.551. The Hall–Kier alpha value is -0.190. The second kappa shape index (κ2) is 5.94. The second-order valence-electron chi connectivity index (χ2n) is 1.89. The van der Waals surface area contributed by atoms with Crippen LogP contribution in [0, 0.1) is 12.3 Å². The van der Waals surface area contributed by atoms with Crippen LogP contribution in [0.4, 0.5) is 0 Å². The van der Waals surface area contributed by atoms with Crippen LogP contribution >= 0.6 is 11.6 Å². The van der Waals surface area contributed by atoms with Gasteiger partial charge in [0.05, 0.1) is 6.10 Å².